The number of anilines is 2. The number of ether oxygens (including phenoxy) is 1. The lowest BCUT2D eigenvalue weighted by Gasteiger charge is -2.21. The first-order valence-electron chi connectivity index (χ1n) is 8.69. The lowest BCUT2D eigenvalue weighted by atomic mass is 10.0. The average molecular weight is 353 g/mol. The first kappa shape index (κ1) is 17.8. The van der Waals surface area contributed by atoms with Crippen LogP contribution in [-0.4, -0.2) is 31.0 Å². The Balaban J connectivity index is 1.54. The molecule has 6 nitrogen and oxygen atoms in total. The van der Waals surface area contributed by atoms with E-state index >= 15 is 0 Å². The van der Waals surface area contributed by atoms with Crippen LogP contribution in [0.3, 0.4) is 0 Å². The summed E-state index contributed by atoms with van der Waals surface area (Å²) in [5.74, 6) is 0.605. The predicted octanol–water partition coefficient (Wildman–Crippen LogP) is 2.74. The molecule has 0 saturated carbocycles. The van der Waals surface area contributed by atoms with E-state index in [1.807, 2.05) is 24.3 Å². The van der Waals surface area contributed by atoms with Gasteiger partial charge in [-0.15, -0.1) is 0 Å². The average Bonchev–Trinajstić information content (AvgIpc) is 2.66. The van der Waals surface area contributed by atoms with Crippen LogP contribution in [0.15, 0.2) is 48.5 Å². The molecule has 6 heteroatoms. The van der Waals surface area contributed by atoms with Crippen molar-refractivity contribution in [2.24, 2.45) is 0 Å². The van der Waals surface area contributed by atoms with Crippen LogP contribution in [0.5, 0.6) is 5.75 Å². The molecule has 2 aromatic carbocycles. The fourth-order valence-corrected chi connectivity index (χ4v) is 2.79. The molecule has 0 saturated heterocycles. The van der Waals surface area contributed by atoms with Gasteiger partial charge in [-0.05, 0) is 36.6 Å². The molecule has 1 aliphatic rings. The fourth-order valence-electron chi connectivity index (χ4n) is 2.79. The van der Waals surface area contributed by atoms with Crippen molar-refractivity contribution in [3.63, 3.8) is 0 Å². The first-order chi connectivity index (χ1) is 12.5. The number of hydrogen-bond donors (Lipinski definition) is 3. The Kier molecular flexibility index (Phi) is 5.41. The zero-order chi connectivity index (χ0) is 18.5. The topological polar surface area (TPSA) is 79.5 Å². The van der Waals surface area contributed by atoms with E-state index in [0.717, 1.165) is 5.69 Å². The van der Waals surface area contributed by atoms with Gasteiger partial charge >= 0.3 is 0 Å². The highest BCUT2D eigenvalue weighted by Gasteiger charge is 2.18. The fraction of sp³-hybridized carbons (Fsp3) is 0.300. The van der Waals surface area contributed by atoms with Gasteiger partial charge in [-0.25, -0.2) is 0 Å². The van der Waals surface area contributed by atoms with Crippen LogP contribution < -0.4 is 20.7 Å². The van der Waals surface area contributed by atoms with Crippen molar-refractivity contribution in [3.8, 4) is 5.75 Å². The van der Waals surface area contributed by atoms with Crippen LogP contribution in [0.4, 0.5) is 11.4 Å². The van der Waals surface area contributed by atoms with Crippen LogP contribution in [0.1, 0.15) is 25.3 Å². The van der Waals surface area contributed by atoms with E-state index in [4.69, 9.17) is 4.74 Å². The second kappa shape index (κ2) is 7.91. The number of benzene rings is 2. The third kappa shape index (κ3) is 4.33. The summed E-state index contributed by atoms with van der Waals surface area (Å²) < 4.78 is 5.33. The monoisotopic (exact) mass is 353 g/mol. The lowest BCUT2D eigenvalue weighted by molar-refractivity contribution is -0.121. The van der Waals surface area contributed by atoms with E-state index in [1.165, 1.54) is 5.56 Å². The van der Waals surface area contributed by atoms with Gasteiger partial charge in [0.1, 0.15) is 11.8 Å². The Hall–Kier alpha value is -3.02. The Morgan fingerprint density at radius 2 is 1.96 bits per heavy atom. The van der Waals surface area contributed by atoms with E-state index in [2.05, 4.69) is 35.0 Å². The minimum atomic E-state index is -0.406. The quantitative estimate of drug-likeness (QED) is 0.746. The minimum absolute atomic E-state index is 0.0260. The molecule has 2 amide bonds. The van der Waals surface area contributed by atoms with Gasteiger partial charge in [0.2, 0.25) is 5.91 Å². The molecule has 0 spiro atoms. The number of carbonyl (C=O) groups is 2. The van der Waals surface area contributed by atoms with Gasteiger partial charge in [-0.1, -0.05) is 37.3 Å². The standard InChI is InChI=1S/C20H23N3O3/c1-13(15-6-4-3-5-7-15)11-21-20(25)14(2)22-16-8-9-18-17(10-16)23-19(24)12-26-18/h3-10,13-14,22H,11-12H2,1-2H3,(H,21,25)(H,23,24)/t13-,14-/m0/s1. The smallest absolute Gasteiger partial charge is 0.262 e. The molecule has 0 fully saturated rings. The molecule has 0 aromatic heterocycles. The van der Waals surface area contributed by atoms with Crippen molar-refractivity contribution in [2.75, 3.05) is 23.8 Å². The molecule has 26 heavy (non-hydrogen) atoms. The summed E-state index contributed by atoms with van der Waals surface area (Å²) in [5.41, 5.74) is 2.55. The van der Waals surface area contributed by atoms with E-state index < -0.39 is 6.04 Å². The molecule has 0 aliphatic carbocycles. The van der Waals surface area contributed by atoms with Crippen molar-refractivity contribution in [1.82, 2.24) is 5.32 Å². The summed E-state index contributed by atoms with van der Waals surface area (Å²) >= 11 is 0. The van der Waals surface area contributed by atoms with Gasteiger partial charge in [0.25, 0.3) is 5.91 Å². The van der Waals surface area contributed by atoms with Gasteiger partial charge in [0, 0.05) is 12.2 Å². The third-order valence-corrected chi connectivity index (χ3v) is 4.34. The van der Waals surface area contributed by atoms with E-state index in [-0.39, 0.29) is 24.3 Å². The SMILES string of the molecule is C[C@H](Nc1ccc2c(c1)NC(=O)CO2)C(=O)NC[C@H](C)c1ccccc1. The Morgan fingerprint density at radius 3 is 2.73 bits per heavy atom. The maximum atomic E-state index is 12.4. The van der Waals surface area contributed by atoms with Crippen molar-refractivity contribution in [1.29, 1.82) is 0 Å². The second-order valence-corrected chi connectivity index (χ2v) is 6.47. The van der Waals surface area contributed by atoms with Crippen LogP contribution in [0.25, 0.3) is 0 Å². The molecule has 1 heterocycles. The zero-order valence-corrected chi connectivity index (χ0v) is 14.9. The first-order valence-corrected chi connectivity index (χ1v) is 8.69. The van der Waals surface area contributed by atoms with Gasteiger partial charge in [-0.3, -0.25) is 9.59 Å². The highest BCUT2D eigenvalue weighted by Crippen LogP contribution is 2.30. The molecule has 0 radical (unpaired) electrons. The number of carbonyl (C=O) groups excluding carboxylic acids is 2. The molecular formula is C20H23N3O3. The number of hydrogen-bond acceptors (Lipinski definition) is 4. The molecule has 3 N–H and O–H groups in total. The predicted molar refractivity (Wildman–Crippen MR) is 102 cm³/mol. The zero-order valence-electron chi connectivity index (χ0n) is 14.9. The van der Waals surface area contributed by atoms with Crippen LogP contribution in [-0.2, 0) is 9.59 Å². The number of rotatable bonds is 6. The van der Waals surface area contributed by atoms with Gasteiger partial charge in [0.15, 0.2) is 6.61 Å². The largest absolute Gasteiger partial charge is 0.482 e. The maximum absolute atomic E-state index is 12.4. The van der Waals surface area contributed by atoms with E-state index in [0.29, 0.717) is 18.0 Å². The molecule has 2 atom stereocenters. The summed E-state index contributed by atoms with van der Waals surface area (Å²) in [4.78, 5) is 23.8. The maximum Gasteiger partial charge on any atom is 0.262 e. The third-order valence-electron chi connectivity index (χ3n) is 4.34. The Morgan fingerprint density at radius 1 is 1.19 bits per heavy atom. The molecule has 1 aliphatic heterocycles. The number of nitrogens with one attached hydrogen (secondary N) is 3. The normalized spacial score (nSPS) is 15.1. The van der Waals surface area contributed by atoms with Crippen molar-refractivity contribution >= 4 is 23.2 Å². The van der Waals surface area contributed by atoms with Crippen LogP contribution >= 0.6 is 0 Å². The van der Waals surface area contributed by atoms with Crippen LogP contribution in [0, 0.1) is 0 Å². The summed E-state index contributed by atoms with van der Waals surface area (Å²) in [5, 5.41) is 8.88. The summed E-state index contributed by atoms with van der Waals surface area (Å²) in [6, 6.07) is 15.1. The summed E-state index contributed by atoms with van der Waals surface area (Å²) in [6.07, 6.45) is 0. The van der Waals surface area contributed by atoms with Gasteiger partial charge < -0.3 is 20.7 Å². The van der Waals surface area contributed by atoms with Crippen molar-refractivity contribution in [2.45, 2.75) is 25.8 Å². The number of fused-ring (bicyclic) bond motifs is 1. The lowest BCUT2D eigenvalue weighted by Crippen LogP contribution is -2.39. The molecule has 0 bridgehead atoms. The molecular weight excluding hydrogens is 330 g/mol. The Labute approximate surface area is 152 Å². The van der Waals surface area contributed by atoms with E-state index in [9.17, 15) is 9.59 Å². The molecule has 2 aromatic rings. The summed E-state index contributed by atoms with van der Waals surface area (Å²) in [6.45, 7) is 4.48. The minimum Gasteiger partial charge on any atom is -0.482 e. The highest BCUT2D eigenvalue weighted by atomic mass is 16.5. The van der Waals surface area contributed by atoms with Gasteiger partial charge in [0.05, 0.1) is 5.69 Å². The van der Waals surface area contributed by atoms with Crippen molar-refractivity contribution in [3.05, 3.63) is 54.1 Å². The molecule has 0 unspecified atom stereocenters. The molecule has 3 rings (SSSR count). The van der Waals surface area contributed by atoms with Crippen LogP contribution in [0.2, 0.25) is 0 Å². The van der Waals surface area contributed by atoms with E-state index in [1.54, 1.807) is 19.1 Å². The summed E-state index contributed by atoms with van der Waals surface area (Å²) in [7, 11) is 0. The van der Waals surface area contributed by atoms with Gasteiger partial charge in [-0.2, -0.15) is 0 Å². The second-order valence-electron chi connectivity index (χ2n) is 6.47. The molecule has 136 valence electrons. The van der Waals surface area contributed by atoms with Crippen molar-refractivity contribution < 1.29 is 14.3 Å². The Bertz CT molecular complexity index is 792. The number of amides is 2. The highest BCUT2D eigenvalue weighted by molar-refractivity contribution is 5.96.